The molecule has 0 aromatic heterocycles. The Morgan fingerprint density at radius 3 is 2.22 bits per heavy atom. The van der Waals surface area contributed by atoms with E-state index < -0.39 is 0 Å². The molecule has 1 nitrogen and oxygen atoms in total. The lowest BCUT2D eigenvalue weighted by atomic mass is 9.62. The Morgan fingerprint density at radius 1 is 1.06 bits per heavy atom. The van der Waals surface area contributed by atoms with Gasteiger partial charge in [0.15, 0.2) is 0 Å². The van der Waals surface area contributed by atoms with E-state index in [0.29, 0.717) is 17.6 Å². The third-order valence-corrected chi connectivity index (χ3v) is 6.52. The van der Waals surface area contributed by atoms with Crippen LogP contribution in [0.1, 0.15) is 66.2 Å². The molecule has 0 saturated heterocycles. The average molecular weight is 273 g/mol. The number of alkyl halides is 1. The predicted octanol–water partition coefficient (Wildman–Crippen LogP) is 5.01. The molecule has 2 rings (SSSR count). The monoisotopic (exact) mass is 272 g/mol. The molecule has 106 valence electrons. The second-order valence-electron chi connectivity index (χ2n) is 6.66. The maximum atomic E-state index is 6.46. The SMILES string of the molecule is CCC1(CC)C(Cl)CC1OC1CCC(C)C(C)C1. The minimum atomic E-state index is 0.258. The summed E-state index contributed by atoms with van der Waals surface area (Å²) >= 11 is 6.46. The Balaban J connectivity index is 1.90. The molecule has 5 unspecified atom stereocenters. The molecule has 0 N–H and O–H groups in total. The van der Waals surface area contributed by atoms with Crippen LogP contribution in [0.15, 0.2) is 0 Å². The van der Waals surface area contributed by atoms with Crippen molar-refractivity contribution >= 4 is 11.6 Å². The van der Waals surface area contributed by atoms with Crippen molar-refractivity contribution in [1.82, 2.24) is 0 Å². The fraction of sp³-hybridized carbons (Fsp3) is 1.00. The Labute approximate surface area is 118 Å². The number of halogens is 1. The van der Waals surface area contributed by atoms with Crippen LogP contribution in [0.4, 0.5) is 0 Å². The first-order valence-corrected chi connectivity index (χ1v) is 8.26. The second kappa shape index (κ2) is 5.71. The Morgan fingerprint density at radius 2 is 1.72 bits per heavy atom. The number of ether oxygens (including phenoxy) is 1. The van der Waals surface area contributed by atoms with Gasteiger partial charge >= 0.3 is 0 Å². The molecule has 0 amide bonds. The highest BCUT2D eigenvalue weighted by Gasteiger charge is 2.53. The van der Waals surface area contributed by atoms with Crippen LogP contribution in [0, 0.1) is 17.3 Å². The van der Waals surface area contributed by atoms with Crippen molar-refractivity contribution in [3.8, 4) is 0 Å². The zero-order valence-electron chi connectivity index (χ0n) is 12.4. The molecule has 18 heavy (non-hydrogen) atoms. The first kappa shape index (κ1) is 14.7. The smallest absolute Gasteiger partial charge is 0.0663 e. The van der Waals surface area contributed by atoms with E-state index in [-0.39, 0.29) is 5.41 Å². The molecular weight excluding hydrogens is 244 g/mol. The van der Waals surface area contributed by atoms with Crippen LogP contribution in [0.2, 0.25) is 0 Å². The van der Waals surface area contributed by atoms with Gasteiger partial charge in [-0.2, -0.15) is 0 Å². The molecule has 0 radical (unpaired) electrons. The van der Waals surface area contributed by atoms with E-state index >= 15 is 0 Å². The minimum absolute atomic E-state index is 0.258. The number of rotatable bonds is 4. The molecule has 5 atom stereocenters. The first-order valence-electron chi connectivity index (χ1n) is 7.83. The van der Waals surface area contributed by atoms with Crippen LogP contribution in [0.5, 0.6) is 0 Å². The third kappa shape index (κ3) is 2.45. The average Bonchev–Trinajstić information content (AvgIpc) is 2.35. The van der Waals surface area contributed by atoms with Crippen LogP contribution in [0.3, 0.4) is 0 Å². The maximum absolute atomic E-state index is 6.46. The normalized spacial score (nSPS) is 43.5. The molecule has 0 heterocycles. The lowest BCUT2D eigenvalue weighted by Crippen LogP contribution is -2.56. The van der Waals surface area contributed by atoms with Gasteiger partial charge in [0.2, 0.25) is 0 Å². The van der Waals surface area contributed by atoms with Gasteiger partial charge in [-0.25, -0.2) is 0 Å². The highest BCUT2D eigenvalue weighted by atomic mass is 35.5. The summed E-state index contributed by atoms with van der Waals surface area (Å²) in [5, 5.41) is 0.331. The van der Waals surface area contributed by atoms with Crippen molar-refractivity contribution in [2.45, 2.75) is 83.8 Å². The Kier molecular flexibility index (Phi) is 4.65. The Hall–Kier alpha value is 0.250. The van der Waals surface area contributed by atoms with Crippen LogP contribution >= 0.6 is 11.6 Å². The highest BCUT2D eigenvalue weighted by Crippen LogP contribution is 2.52. The van der Waals surface area contributed by atoms with E-state index in [4.69, 9.17) is 16.3 Å². The molecule has 2 saturated carbocycles. The van der Waals surface area contributed by atoms with Crippen molar-refractivity contribution in [2.24, 2.45) is 17.3 Å². The molecule has 2 heteroatoms. The van der Waals surface area contributed by atoms with E-state index in [1.165, 1.54) is 19.3 Å². The summed E-state index contributed by atoms with van der Waals surface area (Å²) in [7, 11) is 0. The molecular formula is C16H29ClO. The van der Waals surface area contributed by atoms with Crippen LogP contribution in [-0.4, -0.2) is 17.6 Å². The summed E-state index contributed by atoms with van der Waals surface area (Å²) < 4.78 is 6.43. The van der Waals surface area contributed by atoms with Crippen molar-refractivity contribution in [1.29, 1.82) is 0 Å². The molecule has 2 aliphatic carbocycles. The first-order chi connectivity index (χ1) is 8.53. The Bertz CT molecular complexity index is 274. The molecule has 0 aliphatic heterocycles. The molecule has 0 spiro atoms. The van der Waals surface area contributed by atoms with Crippen LogP contribution in [0.25, 0.3) is 0 Å². The number of hydrogen-bond donors (Lipinski definition) is 0. The van der Waals surface area contributed by atoms with Crippen molar-refractivity contribution < 1.29 is 4.74 Å². The van der Waals surface area contributed by atoms with Crippen molar-refractivity contribution in [3.05, 3.63) is 0 Å². The van der Waals surface area contributed by atoms with Crippen LogP contribution in [-0.2, 0) is 4.74 Å². The van der Waals surface area contributed by atoms with Crippen molar-refractivity contribution in [2.75, 3.05) is 0 Å². The van der Waals surface area contributed by atoms with Gasteiger partial charge in [0.25, 0.3) is 0 Å². The third-order valence-electron chi connectivity index (χ3n) is 5.91. The summed E-state index contributed by atoms with van der Waals surface area (Å²) in [6.07, 6.45) is 8.09. The van der Waals surface area contributed by atoms with E-state index in [2.05, 4.69) is 27.7 Å². The van der Waals surface area contributed by atoms with Gasteiger partial charge in [0, 0.05) is 10.8 Å². The van der Waals surface area contributed by atoms with Gasteiger partial charge in [0.1, 0.15) is 0 Å². The topological polar surface area (TPSA) is 9.23 Å². The van der Waals surface area contributed by atoms with Crippen molar-refractivity contribution in [3.63, 3.8) is 0 Å². The molecule has 2 aliphatic rings. The molecule has 0 aromatic rings. The quantitative estimate of drug-likeness (QED) is 0.654. The van der Waals surface area contributed by atoms with Gasteiger partial charge in [-0.05, 0) is 50.4 Å². The lowest BCUT2D eigenvalue weighted by molar-refractivity contribution is -0.155. The summed E-state index contributed by atoms with van der Waals surface area (Å²) in [6, 6.07) is 0. The van der Waals surface area contributed by atoms with E-state index in [0.717, 1.165) is 31.1 Å². The zero-order valence-corrected chi connectivity index (χ0v) is 13.2. The largest absolute Gasteiger partial charge is 0.374 e. The van der Waals surface area contributed by atoms with E-state index in [1.54, 1.807) is 0 Å². The molecule has 0 aromatic carbocycles. The molecule has 0 bridgehead atoms. The summed E-state index contributed by atoms with van der Waals surface area (Å²) in [4.78, 5) is 0. The van der Waals surface area contributed by atoms with E-state index in [1.807, 2.05) is 0 Å². The lowest BCUT2D eigenvalue weighted by Gasteiger charge is -2.54. The van der Waals surface area contributed by atoms with Gasteiger partial charge in [0.05, 0.1) is 12.2 Å². The summed E-state index contributed by atoms with van der Waals surface area (Å²) in [6.45, 7) is 9.28. The minimum Gasteiger partial charge on any atom is -0.374 e. The van der Waals surface area contributed by atoms with Crippen LogP contribution < -0.4 is 0 Å². The van der Waals surface area contributed by atoms with Gasteiger partial charge < -0.3 is 4.74 Å². The molecule has 2 fully saturated rings. The summed E-state index contributed by atoms with van der Waals surface area (Å²) in [5.41, 5.74) is 0.258. The van der Waals surface area contributed by atoms with E-state index in [9.17, 15) is 0 Å². The second-order valence-corrected chi connectivity index (χ2v) is 7.18. The fourth-order valence-corrected chi connectivity index (χ4v) is 4.50. The zero-order chi connectivity index (χ0) is 13.3. The summed E-state index contributed by atoms with van der Waals surface area (Å²) in [5.74, 6) is 1.68. The van der Waals surface area contributed by atoms with Gasteiger partial charge in [-0.1, -0.05) is 27.7 Å². The maximum Gasteiger partial charge on any atom is 0.0663 e. The standard InChI is InChI=1S/C16H29ClO/c1-5-16(6-2)14(17)10-15(16)18-13-8-7-11(3)12(4)9-13/h11-15H,5-10H2,1-4H3. The van der Waals surface area contributed by atoms with Gasteiger partial charge in [-0.3, -0.25) is 0 Å². The predicted molar refractivity (Wildman–Crippen MR) is 78.1 cm³/mol. The number of hydrogen-bond acceptors (Lipinski definition) is 1. The highest BCUT2D eigenvalue weighted by molar-refractivity contribution is 6.21. The fourth-order valence-electron chi connectivity index (χ4n) is 3.89. The van der Waals surface area contributed by atoms with Gasteiger partial charge in [-0.15, -0.1) is 11.6 Å².